The quantitative estimate of drug-likeness (QED) is 0.761. The van der Waals surface area contributed by atoms with E-state index in [9.17, 15) is 9.59 Å². The number of fused-ring (bicyclic) bond motifs is 2. The molecule has 1 aromatic carbocycles. The molecule has 3 aromatic rings. The number of hydrogen-bond acceptors (Lipinski definition) is 4. The molecule has 0 aliphatic carbocycles. The van der Waals surface area contributed by atoms with E-state index in [0.29, 0.717) is 29.7 Å². The first kappa shape index (κ1) is 16.3. The molecule has 1 aliphatic heterocycles. The van der Waals surface area contributed by atoms with Gasteiger partial charge in [0.15, 0.2) is 0 Å². The number of carbonyl (C=O) groups excluding carboxylic acids is 2. The summed E-state index contributed by atoms with van der Waals surface area (Å²) in [5, 5.41) is 11.2. The maximum absolute atomic E-state index is 13.4. The van der Waals surface area contributed by atoms with Gasteiger partial charge in [-0.05, 0) is 36.6 Å². The standard InChI is InChI=1S/C19H19N5O2/c1-12-16(15-8-5-10-21-24(15)22-12)19(26)23-11-9-13-6-3-4-7-14(13)17(23)18(25)20-2/h3-8,10,17H,9,11H2,1-2H3,(H,20,25). The smallest absolute Gasteiger partial charge is 0.259 e. The van der Waals surface area contributed by atoms with E-state index in [-0.39, 0.29) is 11.8 Å². The van der Waals surface area contributed by atoms with Crippen LogP contribution < -0.4 is 5.32 Å². The summed E-state index contributed by atoms with van der Waals surface area (Å²) in [5.74, 6) is -0.397. The van der Waals surface area contributed by atoms with Gasteiger partial charge in [0.25, 0.3) is 5.91 Å². The lowest BCUT2D eigenvalue weighted by Gasteiger charge is -2.36. The lowest BCUT2D eigenvalue weighted by molar-refractivity contribution is -0.125. The Bertz CT molecular complexity index is 1010. The third-order valence-electron chi connectivity index (χ3n) is 4.85. The van der Waals surface area contributed by atoms with E-state index in [0.717, 1.165) is 11.1 Å². The molecule has 7 nitrogen and oxygen atoms in total. The van der Waals surface area contributed by atoms with Gasteiger partial charge in [-0.1, -0.05) is 24.3 Å². The molecule has 26 heavy (non-hydrogen) atoms. The highest BCUT2D eigenvalue weighted by molar-refractivity contribution is 6.04. The Morgan fingerprint density at radius 3 is 2.81 bits per heavy atom. The van der Waals surface area contributed by atoms with Gasteiger partial charge in [0.1, 0.15) is 11.6 Å². The minimum absolute atomic E-state index is 0.197. The second kappa shape index (κ2) is 6.25. The van der Waals surface area contributed by atoms with Crippen molar-refractivity contribution in [1.29, 1.82) is 0 Å². The predicted octanol–water partition coefficient (Wildman–Crippen LogP) is 1.52. The van der Waals surface area contributed by atoms with Crippen LogP contribution in [0, 0.1) is 6.92 Å². The van der Waals surface area contributed by atoms with Crippen LogP contribution in [0.25, 0.3) is 5.52 Å². The van der Waals surface area contributed by atoms with Crippen LogP contribution in [0.1, 0.15) is 33.2 Å². The fraction of sp³-hybridized carbons (Fsp3) is 0.263. The molecule has 0 saturated carbocycles. The summed E-state index contributed by atoms with van der Waals surface area (Å²) >= 11 is 0. The Morgan fingerprint density at radius 2 is 2.00 bits per heavy atom. The van der Waals surface area contributed by atoms with Crippen LogP contribution in [-0.4, -0.2) is 45.1 Å². The van der Waals surface area contributed by atoms with Gasteiger partial charge >= 0.3 is 0 Å². The Morgan fingerprint density at radius 1 is 1.19 bits per heavy atom. The van der Waals surface area contributed by atoms with E-state index in [2.05, 4.69) is 15.5 Å². The van der Waals surface area contributed by atoms with Crippen LogP contribution in [0.15, 0.2) is 42.6 Å². The van der Waals surface area contributed by atoms with Crippen molar-refractivity contribution in [2.75, 3.05) is 13.6 Å². The first-order chi connectivity index (χ1) is 12.6. The predicted molar refractivity (Wildman–Crippen MR) is 95.7 cm³/mol. The highest BCUT2D eigenvalue weighted by Gasteiger charge is 2.37. The maximum atomic E-state index is 13.4. The minimum atomic E-state index is -0.650. The molecular weight excluding hydrogens is 330 g/mol. The zero-order valence-electron chi connectivity index (χ0n) is 14.6. The van der Waals surface area contributed by atoms with Crippen molar-refractivity contribution in [1.82, 2.24) is 25.0 Å². The number of aryl methyl sites for hydroxylation is 1. The van der Waals surface area contributed by atoms with E-state index in [1.54, 1.807) is 31.1 Å². The summed E-state index contributed by atoms with van der Waals surface area (Å²) in [6.45, 7) is 2.26. The minimum Gasteiger partial charge on any atom is -0.357 e. The van der Waals surface area contributed by atoms with Crippen molar-refractivity contribution in [3.63, 3.8) is 0 Å². The van der Waals surface area contributed by atoms with Gasteiger partial charge in [0.2, 0.25) is 5.91 Å². The largest absolute Gasteiger partial charge is 0.357 e. The monoisotopic (exact) mass is 349 g/mol. The fourth-order valence-corrected chi connectivity index (χ4v) is 3.62. The molecule has 0 spiro atoms. The van der Waals surface area contributed by atoms with Crippen molar-refractivity contribution in [3.05, 3.63) is 65.0 Å². The molecule has 1 atom stereocenters. The van der Waals surface area contributed by atoms with Gasteiger partial charge in [0, 0.05) is 19.8 Å². The Labute approximate surface area is 150 Å². The number of hydrogen-bond donors (Lipinski definition) is 1. The molecule has 0 fully saturated rings. The van der Waals surface area contributed by atoms with E-state index < -0.39 is 6.04 Å². The molecule has 0 bridgehead atoms. The highest BCUT2D eigenvalue weighted by Crippen LogP contribution is 2.32. The summed E-state index contributed by atoms with van der Waals surface area (Å²) in [6, 6.07) is 10.7. The molecule has 2 aromatic heterocycles. The Balaban J connectivity index is 1.82. The zero-order valence-corrected chi connectivity index (χ0v) is 14.6. The van der Waals surface area contributed by atoms with Crippen molar-refractivity contribution in [3.8, 4) is 0 Å². The molecule has 1 N–H and O–H groups in total. The molecule has 0 saturated heterocycles. The molecule has 2 amide bonds. The van der Waals surface area contributed by atoms with Crippen LogP contribution in [0.2, 0.25) is 0 Å². The average Bonchev–Trinajstić information content (AvgIpc) is 3.01. The molecule has 132 valence electrons. The number of carbonyl (C=O) groups is 2. The number of rotatable bonds is 2. The first-order valence-corrected chi connectivity index (χ1v) is 8.53. The van der Waals surface area contributed by atoms with Gasteiger partial charge in [-0.25, -0.2) is 0 Å². The third kappa shape index (κ3) is 2.44. The average molecular weight is 349 g/mol. The van der Waals surface area contributed by atoms with Crippen LogP contribution in [0.5, 0.6) is 0 Å². The summed E-state index contributed by atoms with van der Waals surface area (Å²) in [5.41, 5.74) is 3.71. The van der Waals surface area contributed by atoms with Crippen molar-refractivity contribution in [2.45, 2.75) is 19.4 Å². The summed E-state index contributed by atoms with van der Waals surface area (Å²) < 4.78 is 1.45. The summed E-state index contributed by atoms with van der Waals surface area (Å²) in [4.78, 5) is 27.7. The van der Waals surface area contributed by atoms with Gasteiger partial charge in [-0.2, -0.15) is 14.8 Å². The van der Waals surface area contributed by atoms with Gasteiger partial charge in [-0.15, -0.1) is 0 Å². The molecule has 0 radical (unpaired) electrons. The normalized spacial score (nSPS) is 16.4. The van der Waals surface area contributed by atoms with Gasteiger partial charge in [0.05, 0.1) is 11.3 Å². The summed E-state index contributed by atoms with van der Waals surface area (Å²) in [6.07, 6.45) is 2.34. The maximum Gasteiger partial charge on any atom is 0.259 e. The second-order valence-electron chi connectivity index (χ2n) is 6.32. The number of aromatic nitrogens is 3. The Kier molecular flexibility index (Phi) is 3.91. The van der Waals surface area contributed by atoms with Crippen LogP contribution in [0.3, 0.4) is 0 Å². The van der Waals surface area contributed by atoms with Crippen molar-refractivity contribution < 1.29 is 9.59 Å². The van der Waals surface area contributed by atoms with E-state index in [1.165, 1.54) is 4.63 Å². The third-order valence-corrected chi connectivity index (χ3v) is 4.85. The van der Waals surface area contributed by atoms with Crippen LogP contribution in [-0.2, 0) is 11.2 Å². The number of nitrogens with one attached hydrogen (secondary N) is 1. The molecule has 1 unspecified atom stereocenters. The fourth-order valence-electron chi connectivity index (χ4n) is 3.62. The topological polar surface area (TPSA) is 79.6 Å². The SMILES string of the molecule is CNC(=O)C1c2ccccc2CCN1C(=O)c1c(C)nn2ncccc12. The van der Waals surface area contributed by atoms with Gasteiger partial charge in [-0.3, -0.25) is 9.59 Å². The number of benzene rings is 1. The molecule has 3 heterocycles. The lowest BCUT2D eigenvalue weighted by Crippen LogP contribution is -2.46. The lowest BCUT2D eigenvalue weighted by atomic mass is 9.91. The van der Waals surface area contributed by atoms with E-state index in [4.69, 9.17) is 0 Å². The first-order valence-electron chi connectivity index (χ1n) is 8.53. The zero-order chi connectivity index (χ0) is 18.3. The van der Waals surface area contributed by atoms with Gasteiger partial charge < -0.3 is 10.2 Å². The van der Waals surface area contributed by atoms with Crippen molar-refractivity contribution >= 4 is 17.3 Å². The molecule has 1 aliphatic rings. The van der Waals surface area contributed by atoms with E-state index in [1.807, 2.05) is 30.3 Å². The highest BCUT2D eigenvalue weighted by atomic mass is 16.2. The second-order valence-corrected chi connectivity index (χ2v) is 6.32. The van der Waals surface area contributed by atoms with E-state index >= 15 is 0 Å². The number of nitrogens with zero attached hydrogens (tertiary/aromatic N) is 4. The molecule has 4 rings (SSSR count). The van der Waals surface area contributed by atoms with Crippen LogP contribution >= 0.6 is 0 Å². The summed E-state index contributed by atoms with van der Waals surface area (Å²) in [7, 11) is 1.59. The Hall–Kier alpha value is -3.22. The van der Waals surface area contributed by atoms with Crippen LogP contribution in [0.4, 0.5) is 0 Å². The molecule has 7 heteroatoms. The number of amides is 2. The molecular formula is C19H19N5O2. The van der Waals surface area contributed by atoms with Crippen molar-refractivity contribution in [2.24, 2.45) is 0 Å². The number of likely N-dealkylation sites (N-methyl/N-ethyl adjacent to an activating group) is 1.